The molecular weight excluding hydrogens is 482 g/mol. The number of fused-ring (bicyclic) bond motifs is 4. The molecule has 0 aliphatic carbocycles. The van der Waals surface area contributed by atoms with Gasteiger partial charge in [-0.25, -0.2) is 0 Å². The van der Waals surface area contributed by atoms with Crippen molar-refractivity contribution in [2.24, 2.45) is 0 Å². The van der Waals surface area contributed by atoms with Crippen molar-refractivity contribution in [1.29, 1.82) is 10.5 Å². The third kappa shape index (κ3) is 3.51. The molecule has 38 heavy (non-hydrogen) atoms. The highest BCUT2D eigenvalue weighted by atomic mass is 32.2. The molecule has 0 N–H and O–H groups in total. The number of hydrogen-bond acceptors (Lipinski definition) is 4. The van der Waals surface area contributed by atoms with Crippen molar-refractivity contribution >= 4 is 50.4 Å². The van der Waals surface area contributed by atoms with Crippen LogP contribution in [0.25, 0.3) is 32.7 Å². The first-order chi connectivity index (χ1) is 18.7. The minimum atomic E-state index is 0.508. The van der Waals surface area contributed by atoms with E-state index in [1.165, 1.54) is 21.2 Å². The van der Waals surface area contributed by atoms with E-state index in [9.17, 15) is 10.5 Å². The van der Waals surface area contributed by atoms with Crippen molar-refractivity contribution < 1.29 is 0 Å². The number of hydrogen-bond donors (Lipinski definition) is 0. The van der Waals surface area contributed by atoms with E-state index in [-0.39, 0.29) is 0 Å². The summed E-state index contributed by atoms with van der Waals surface area (Å²) in [7, 11) is 0. The van der Waals surface area contributed by atoms with Gasteiger partial charge in [0.1, 0.15) is 0 Å². The van der Waals surface area contributed by atoms with E-state index in [1.54, 1.807) is 18.2 Å². The van der Waals surface area contributed by atoms with E-state index in [1.807, 2.05) is 17.8 Å². The fraction of sp³-hybridized carbons (Fsp3) is 0. The Labute approximate surface area is 224 Å². The Morgan fingerprint density at radius 2 is 1.11 bits per heavy atom. The molecule has 0 spiro atoms. The van der Waals surface area contributed by atoms with Gasteiger partial charge in [-0.3, -0.25) is 0 Å². The Morgan fingerprint density at radius 3 is 1.74 bits per heavy atom. The first-order valence-electron chi connectivity index (χ1n) is 12.3. The summed E-state index contributed by atoms with van der Waals surface area (Å²) >= 11 is 1.81. The first-order valence-corrected chi connectivity index (χ1v) is 13.1. The van der Waals surface area contributed by atoms with Gasteiger partial charge in [0, 0.05) is 21.0 Å². The van der Waals surface area contributed by atoms with Gasteiger partial charge in [-0.1, -0.05) is 60.3 Å². The van der Waals surface area contributed by atoms with Crippen LogP contribution in [-0.2, 0) is 0 Å². The van der Waals surface area contributed by atoms with E-state index >= 15 is 0 Å². The molecule has 176 valence electrons. The lowest BCUT2D eigenvalue weighted by molar-refractivity contribution is 1.17. The maximum Gasteiger partial charge on any atom is 0.0998 e. The average Bonchev–Trinajstić information content (AvgIpc) is 2.97. The Morgan fingerprint density at radius 1 is 0.526 bits per heavy atom. The number of rotatable bonds is 2. The van der Waals surface area contributed by atoms with Crippen LogP contribution in [-0.4, -0.2) is 0 Å². The summed E-state index contributed by atoms with van der Waals surface area (Å²) in [6.07, 6.45) is 0. The summed E-state index contributed by atoms with van der Waals surface area (Å²) in [4.78, 5) is 4.83. The van der Waals surface area contributed by atoms with Crippen LogP contribution >= 0.6 is 11.8 Å². The SMILES string of the molecule is N#Cc1cccc(C#N)c1-c1ccc2cc3cc(N4c5ccccc5Sc5ccccc54)ccc3cc2c1. The van der Waals surface area contributed by atoms with E-state index in [0.717, 1.165) is 32.8 Å². The van der Waals surface area contributed by atoms with Crippen LogP contribution in [0.4, 0.5) is 17.1 Å². The predicted octanol–water partition coefficient (Wildman–Crippen LogP) is 9.34. The van der Waals surface area contributed by atoms with E-state index in [2.05, 4.69) is 108 Å². The lowest BCUT2D eigenvalue weighted by Crippen LogP contribution is -2.14. The Bertz CT molecular complexity index is 1920. The lowest BCUT2D eigenvalue weighted by Gasteiger charge is -2.33. The molecule has 6 aromatic rings. The molecule has 0 radical (unpaired) electrons. The van der Waals surface area contributed by atoms with Gasteiger partial charge in [-0.05, 0) is 93.8 Å². The number of nitrogens with zero attached hydrogens (tertiary/aromatic N) is 3. The van der Waals surface area contributed by atoms with Crippen LogP contribution in [0.3, 0.4) is 0 Å². The van der Waals surface area contributed by atoms with Gasteiger partial charge in [0.15, 0.2) is 0 Å². The second kappa shape index (κ2) is 8.82. The summed E-state index contributed by atoms with van der Waals surface area (Å²) in [6, 6.07) is 44.0. The highest BCUT2D eigenvalue weighted by Gasteiger charge is 2.24. The minimum Gasteiger partial charge on any atom is -0.308 e. The van der Waals surface area contributed by atoms with Crippen LogP contribution in [0.5, 0.6) is 0 Å². The standard InChI is InChI=1S/C34H19N3S/c35-20-25-6-5-7-26(21-36)34(25)24-13-12-22-17-28-19-29(15-14-23(28)16-27(22)18-24)37-30-8-1-3-10-32(30)38-33-11-4-2-9-31(33)37/h1-19H. The second-order valence-corrected chi connectivity index (χ2v) is 10.4. The zero-order valence-corrected chi connectivity index (χ0v) is 21.0. The monoisotopic (exact) mass is 501 g/mol. The summed E-state index contributed by atoms with van der Waals surface area (Å²) < 4.78 is 0. The largest absolute Gasteiger partial charge is 0.308 e. The van der Waals surface area contributed by atoms with Crippen LogP contribution in [0.15, 0.2) is 125 Å². The van der Waals surface area contributed by atoms with E-state index < -0.39 is 0 Å². The van der Waals surface area contributed by atoms with Gasteiger partial charge in [0.25, 0.3) is 0 Å². The molecule has 3 nitrogen and oxygen atoms in total. The maximum absolute atomic E-state index is 9.65. The highest BCUT2D eigenvalue weighted by molar-refractivity contribution is 7.99. The highest BCUT2D eigenvalue weighted by Crippen LogP contribution is 2.51. The Balaban J connectivity index is 1.37. The predicted molar refractivity (Wildman–Crippen MR) is 155 cm³/mol. The van der Waals surface area contributed by atoms with Crippen molar-refractivity contribution in [3.8, 4) is 23.3 Å². The summed E-state index contributed by atoms with van der Waals surface area (Å²) in [5.41, 5.74) is 6.07. The Hall–Kier alpha value is -5.03. The molecule has 0 atom stereocenters. The molecule has 6 aromatic carbocycles. The number of anilines is 3. The first kappa shape index (κ1) is 22.2. The molecule has 1 heterocycles. The third-order valence-corrected chi connectivity index (χ3v) is 8.19. The molecule has 4 heteroatoms. The van der Waals surface area contributed by atoms with Gasteiger partial charge >= 0.3 is 0 Å². The molecule has 0 saturated heterocycles. The molecular formula is C34H19N3S. The van der Waals surface area contributed by atoms with Gasteiger partial charge in [0.05, 0.1) is 34.6 Å². The van der Waals surface area contributed by atoms with Crippen LogP contribution in [0.1, 0.15) is 11.1 Å². The van der Waals surface area contributed by atoms with E-state index in [4.69, 9.17) is 0 Å². The summed E-state index contributed by atoms with van der Waals surface area (Å²) in [5, 5.41) is 23.8. The molecule has 1 aliphatic rings. The topological polar surface area (TPSA) is 50.8 Å². The van der Waals surface area contributed by atoms with Crippen molar-refractivity contribution in [2.75, 3.05) is 4.90 Å². The molecule has 0 fully saturated rings. The van der Waals surface area contributed by atoms with Crippen molar-refractivity contribution in [3.05, 3.63) is 126 Å². The number of benzene rings is 6. The van der Waals surface area contributed by atoms with Crippen molar-refractivity contribution in [3.63, 3.8) is 0 Å². The molecule has 0 aromatic heterocycles. The minimum absolute atomic E-state index is 0.508. The van der Waals surface area contributed by atoms with Crippen LogP contribution < -0.4 is 4.90 Å². The van der Waals surface area contributed by atoms with Crippen LogP contribution in [0.2, 0.25) is 0 Å². The smallest absolute Gasteiger partial charge is 0.0998 e. The molecule has 1 aliphatic heterocycles. The fourth-order valence-corrected chi connectivity index (χ4v) is 6.37. The molecule has 7 rings (SSSR count). The summed E-state index contributed by atoms with van der Waals surface area (Å²) in [6.45, 7) is 0. The number of para-hydroxylation sites is 2. The molecule has 0 amide bonds. The summed E-state index contributed by atoms with van der Waals surface area (Å²) in [5.74, 6) is 0. The average molecular weight is 502 g/mol. The normalized spacial score (nSPS) is 12.0. The lowest BCUT2D eigenvalue weighted by atomic mass is 9.93. The third-order valence-electron chi connectivity index (χ3n) is 7.06. The molecule has 0 saturated carbocycles. The van der Waals surface area contributed by atoms with Crippen LogP contribution in [0, 0.1) is 22.7 Å². The molecule has 0 bridgehead atoms. The van der Waals surface area contributed by atoms with Gasteiger partial charge < -0.3 is 4.90 Å². The van der Waals surface area contributed by atoms with E-state index in [0.29, 0.717) is 16.7 Å². The zero-order chi connectivity index (χ0) is 25.6. The number of nitriles is 2. The fourth-order valence-electron chi connectivity index (χ4n) is 5.31. The van der Waals surface area contributed by atoms with Crippen molar-refractivity contribution in [2.45, 2.75) is 9.79 Å². The second-order valence-electron chi connectivity index (χ2n) is 9.27. The van der Waals surface area contributed by atoms with Gasteiger partial charge in [0.2, 0.25) is 0 Å². The van der Waals surface area contributed by atoms with Gasteiger partial charge in [-0.15, -0.1) is 0 Å². The maximum atomic E-state index is 9.65. The van der Waals surface area contributed by atoms with Gasteiger partial charge in [-0.2, -0.15) is 10.5 Å². The quantitative estimate of drug-likeness (QED) is 0.221. The van der Waals surface area contributed by atoms with Crippen molar-refractivity contribution in [1.82, 2.24) is 0 Å². The molecule has 0 unspecified atom stereocenters. The Kier molecular flexibility index (Phi) is 5.15. The zero-order valence-electron chi connectivity index (χ0n) is 20.2.